The van der Waals surface area contributed by atoms with Crippen molar-refractivity contribution < 1.29 is 24.2 Å². The molecule has 1 unspecified atom stereocenters. The second-order valence-corrected chi connectivity index (χ2v) is 9.15. The van der Waals surface area contributed by atoms with Crippen LogP contribution in [0, 0.1) is 11.3 Å². The summed E-state index contributed by atoms with van der Waals surface area (Å²) in [7, 11) is 0. The maximum Gasteiger partial charge on any atom is 0.407 e. The third kappa shape index (κ3) is 6.37. The average Bonchev–Trinajstić information content (AvgIpc) is 3.24. The molecule has 0 fully saturated rings. The van der Waals surface area contributed by atoms with Gasteiger partial charge in [0.1, 0.15) is 19.2 Å². The Kier molecular flexibility index (Phi) is 8.73. The van der Waals surface area contributed by atoms with E-state index >= 15 is 0 Å². The zero-order chi connectivity index (χ0) is 26.9. The van der Waals surface area contributed by atoms with Crippen LogP contribution in [0.25, 0.3) is 11.1 Å². The van der Waals surface area contributed by atoms with Crippen LogP contribution in [0.5, 0.6) is 0 Å². The maximum absolute atomic E-state index is 13.4. The van der Waals surface area contributed by atoms with Crippen molar-refractivity contribution in [1.29, 1.82) is 5.26 Å². The number of unbranched alkanes of at least 4 members (excludes halogenated alkanes) is 1. The summed E-state index contributed by atoms with van der Waals surface area (Å²) in [5, 5.41) is 21.0. The second kappa shape index (κ2) is 12.5. The van der Waals surface area contributed by atoms with Crippen LogP contribution in [-0.2, 0) is 20.9 Å². The van der Waals surface area contributed by atoms with Gasteiger partial charge in [-0.15, -0.1) is 0 Å². The molecule has 3 aromatic carbocycles. The number of aliphatic carboxylic acids is 1. The van der Waals surface area contributed by atoms with Crippen molar-refractivity contribution in [2.75, 3.05) is 13.2 Å². The first kappa shape index (κ1) is 26.4. The predicted molar refractivity (Wildman–Crippen MR) is 141 cm³/mol. The molecule has 194 valence electrons. The molecule has 38 heavy (non-hydrogen) atoms. The quantitative estimate of drug-likeness (QED) is 0.360. The molecule has 1 aliphatic rings. The Hall–Kier alpha value is -4.64. The largest absolute Gasteiger partial charge is 0.480 e. The standard InChI is InChI=1S/C30H29N3O5/c31-17-9-8-16-27(29(36)33(19-28(34)35)18-21-10-2-1-3-11-21)32-30(37)38-20-26-24-14-6-4-12-22(24)23-13-5-7-15-25(23)26/h1-7,10-15,26-27H,8-9,16,18-20H2,(H,32,37)(H,34,35). The normalized spacial score (nSPS) is 12.5. The van der Waals surface area contributed by atoms with E-state index in [1.807, 2.05) is 60.7 Å². The third-order valence-electron chi connectivity index (χ3n) is 6.57. The minimum absolute atomic E-state index is 0.0765. The van der Waals surface area contributed by atoms with Gasteiger partial charge in [0.2, 0.25) is 5.91 Å². The van der Waals surface area contributed by atoms with Crippen LogP contribution in [0.15, 0.2) is 78.9 Å². The van der Waals surface area contributed by atoms with Crippen molar-refractivity contribution in [2.45, 2.75) is 37.8 Å². The van der Waals surface area contributed by atoms with Gasteiger partial charge >= 0.3 is 12.1 Å². The van der Waals surface area contributed by atoms with Gasteiger partial charge < -0.3 is 20.1 Å². The van der Waals surface area contributed by atoms with Gasteiger partial charge in [0.05, 0.1) is 6.07 Å². The number of alkyl carbamates (subject to hydrolysis) is 1. The summed E-state index contributed by atoms with van der Waals surface area (Å²) in [5.74, 6) is -1.84. The van der Waals surface area contributed by atoms with Crippen molar-refractivity contribution in [3.8, 4) is 17.2 Å². The smallest absolute Gasteiger partial charge is 0.407 e. The number of carboxylic acid groups (broad SMARTS) is 1. The molecule has 0 heterocycles. The zero-order valence-electron chi connectivity index (χ0n) is 20.9. The van der Waals surface area contributed by atoms with Gasteiger partial charge in [-0.05, 0) is 40.7 Å². The molecule has 1 aliphatic carbocycles. The lowest BCUT2D eigenvalue weighted by Gasteiger charge is -2.27. The Bertz CT molecular complexity index is 1290. The highest BCUT2D eigenvalue weighted by molar-refractivity contribution is 5.88. The van der Waals surface area contributed by atoms with Crippen LogP contribution in [0.3, 0.4) is 0 Å². The molecule has 0 aromatic heterocycles. The van der Waals surface area contributed by atoms with E-state index in [1.54, 1.807) is 24.3 Å². The zero-order valence-corrected chi connectivity index (χ0v) is 20.9. The fourth-order valence-corrected chi connectivity index (χ4v) is 4.82. The lowest BCUT2D eigenvalue weighted by molar-refractivity contribution is -0.145. The van der Waals surface area contributed by atoms with Gasteiger partial charge in [-0.3, -0.25) is 9.59 Å². The van der Waals surface area contributed by atoms with E-state index in [-0.39, 0.29) is 31.9 Å². The Morgan fingerprint density at radius 1 is 0.947 bits per heavy atom. The number of nitriles is 1. The van der Waals surface area contributed by atoms with Gasteiger partial charge in [-0.2, -0.15) is 5.26 Å². The maximum atomic E-state index is 13.4. The molecule has 0 spiro atoms. The summed E-state index contributed by atoms with van der Waals surface area (Å²) >= 11 is 0. The lowest BCUT2D eigenvalue weighted by Crippen LogP contribution is -2.49. The molecule has 0 radical (unpaired) electrons. The molecule has 0 saturated heterocycles. The SMILES string of the molecule is N#CCCCC(NC(=O)OCC1c2ccccc2-c2ccccc21)C(=O)N(CC(=O)O)Cc1ccccc1. The molecule has 3 aromatic rings. The number of carboxylic acids is 1. The molecule has 2 N–H and O–H groups in total. The summed E-state index contributed by atoms with van der Waals surface area (Å²) in [6, 6.07) is 26.0. The summed E-state index contributed by atoms with van der Waals surface area (Å²) in [6.45, 7) is -0.357. The number of fused-ring (bicyclic) bond motifs is 3. The highest BCUT2D eigenvalue weighted by Crippen LogP contribution is 2.44. The average molecular weight is 512 g/mol. The molecule has 0 bridgehead atoms. The van der Waals surface area contributed by atoms with Crippen molar-refractivity contribution in [3.63, 3.8) is 0 Å². The minimum Gasteiger partial charge on any atom is -0.480 e. The number of ether oxygens (including phenoxy) is 1. The number of carbonyl (C=O) groups is 3. The molecule has 0 saturated carbocycles. The van der Waals surface area contributed by atoms with E-state index < -0.39 is 30.6 Å². The molecule has 8 heteroatoms. The number of hydrogen-bond donors (Lipinski definition) is 2. The van der Waals surface area contributed by atoms with Gasteiger partial charge in [-0.1, -0.05) is 78.9 Å². The molecule has 2 amide bonds. The van der Waals surface area contributed by atoms with E-state index in [4.69, 9.17) is 10.00 Å². The highest BCUT2D eigenvalue weighted by atomic mass is 16.5. The minimum atomic E-state index is -1.16. The number of hydrogen-bond acceptors (Lipinski definition) is 5. The van der Waals surface area contributed by atoms with Gasteiger partial charge in [0, 0.05) is 18.9 Å². The fourth-order valence-electron chi connectivity index (χ4n) is 4.82. The predicted octanol–water partition coefficient (Wildman–Crippen LogP) is 4.70. The van der Waals surface area contributed by atoms with E-state index in [9.17, 15) is 19.5 Å². The van der Waals surface area contributed by atoms with Crippen LogP contribution in [0.1, 0.15) is 41.9 Å². The summed E-state index contributed by atoms with van der Waals surface area (Å²) in [5.41, 5.74) is 5.11. The molecule has 8 nitrogen and oxygen atoms in total. The Labute approximate surface area is 221 Å². The van der Waals surface area contributed by atoms with E-state index in [2.05, 4.69) is 5.32 Å². The lowest BCUT2D eigenvalue weighted by atomic mass is 9.98. The second-order valence-electron chi connectivity index (χ2n) is 9.15. The van der Waals surface area contributed by atoms with Gasteiger partial charge in [-0.25, -0.2) is 4.79 Å². The molecule has 1 atom stereocenters. The van der Waals surface area contributed by atoms with E-state index in [1.165, 1.54) is 4.90 Å². The van der Waals surface area contributed by atoms with Crippen LogP contribution >= 0.6 is 0 Å². The van der Waals surface area contributed by atoms with Crippen LogP contribution < -0.4 is 5.32 Å². The van der Waals surface area contributed by atoms with Crippen molar-refractivity contribution in [3.05, 3.63) is 95.6 Å². The highest BCUT2D eigenvalue weighted by Gasteiger charge is 2.31. The van der Waals surface area contributed by atoms with Crippen LogP contribution in [0.4, 0.5) is 4.79 Å². The first-order valence-corrected chi connectivity index (χ1v) is 12.5. The number of amides is 2. The molecular weight excluding hydrogens is 482 g/mol. The number of nitrogens with one attached hydrogen (secondary N) is 1. The van der Waals surface area contributed by atoms with Crippen molar-refractivity contribution >= 4 is 18.0 Å². The van der Waals surface area contributed by atoms with Crippen molar-refractivity contribution in [2.24, 2.45) is 0 Å². The third-order valence-corrected chi connectivity index (χ3v) is 6.57. The van der Waals surface area contributed by atoms with Gasteiger partial charge in [0.25, 0.3) is 0 Å². The summed E-state index contributed by atoms with van der Waals surface area (Å²) in [6.07, 6.45) is -0.0184. The van der Waals surface area contributed by atoms with Crippen molar-refractivity contribution in [1.82, 2.24) is 10.2 Å². The number of carbonyl (C=O) groups excluding carboxylic acids is 2. The number of nitrogens with zero attached hydrogens (tertiary/aromatic N) is 2. The molecule has 4 rings (SSSR count). The van der Waals surface area contributed by atoms with Gasteiger partial charge in [0.15, 0.2) is 0 Å². The first-order chi connectivity index (χ1) is 18.5. The van der Waals surface area contributed by atoms with Crippen LogP contribution in [-0.4, -0.2) is 47.2 Å². The fraction of sp³-hybridized carbons (Fsp3) is 0.267. The molecular formula is C30H29N3O5. The van der Waals surface area contributed by atoms with Crippen LogP contribution in [0.2, 0.25) is 0 Å². The Balaban J connectivity index is 1.46. The Morgan fingerprint density at radius 2 is 1.55 bits per heavy atom. The number of benzene rings is 3. The molecule has 0 aliphatic heterocycles. The monoisotopic (exact) mass is 511 g/mol. The van der Waals surface area contributed by atoms with E-state index in [0.29, 0.717) is 6.42 Å². The number of rotatable bonds is 11. The summed E-state index contributed by atoms with van der Waals surface area (Å²) in [4.78, 5) is 39.0. The first-order valence-electron chi connectivity index (χ1n) is 12.5. The Morgan fingerprint density at radius 3 is 2.16 bits per heavy atom. The summed E-state index contributed by atoms with van der Waals surface area (Å²) < 4.78 is 5.60. The topological polar surface area (TPSA) is 120 Å². The van der Waals surface area contributed by atoms with E-state index in [0.717, 1.165) is 27.8 Å².